The molecule has 1 heterocycles. The normalized spacial score (nSPS) is 18.2. The van der Waals surface area contributed by atoms with Gasteiger partial charge in [0, 0.05) is 11.0 Å². The number of carbonyl (C=O) groups excluding carboxylic acids is 3. The van der Waals surface area contributed by atoms with Gasteiger partial charge in [0.05, 0.1) is 12.3 Å². The summed E-state index contributed by atoms with van der Waals surface area (Å²) in [6.07, 6.45) is 4.32. The number of ether oxygens (including phenoxy) is 1. The second kappa shape index (κ2) is 9.52. The van der Waals surface area contributed by atoms with Crippen LogP contribution in [0, 0.1) is 5.92 Å². The number of esters is 1. The number of amides is 2. The van der Waals surface area contributed by atoms with Gasteiger partial charge in [-0.25, -0.2) is 4.79 Å². The Morgan fingerprint density at radius 1 is 1.42 bits per heavy atom. The number of rotatable bonds is 7. The minimum absolute atomic E-state index is 0.235. The summed E-state index contributed by atoms with van der Waals surface area (Å²) in [6, 6.07) is 6.60. The fraction of sp³-hybridized carbons (Fsp3) is 0.421. The number of carbonyl (C=O) groups is 3. The van der Waals surface area contributed by atoms with E-state index in [0.717, 1.165) is 10.2 Å². The van der Waals surface area contributed by atoms with Crippen LogP contribution in [0.2, 0.25) is 0 Å². The molecule has 1 aromatic rings. The second-order valence-corrected chi connectivity index (χ2v) is 6.75. The third-order valence-electron chi connectivity index (χ3n) is 4.16. The van der Waals surface area contributed by atoms with Gasteiger partial charge in [0.25, 0.3) is 0 Å². The Labute approximate surface area is 161 Å². The van der Waals surface area contributed by atoms with Crippen molar-refractivity contribution in [3.05, 3.63) is 40.9 Å². The molecule has 0 aromatic heterocycles. The molecule has 0 saturated carbocycles. The molecule has 6 nitrogen and oxygen atoms in total. The zero-order chi connectivity index (χ0) is 19.1. The molecule has 1 aromatic carbocycles. The van der Waals surface area contributed by atoms with E-state index in [9.17, 15) is 14.4 Å². The number of nitrogens with one attached hydrogen (secondary N) is 1. The molecule has 2 atom stereocenters. The quantitative estimate of drug-likeness (QED) is 0.416. The molecule has 1 aliphatic rings. The highest BCUT2D eigenvalue weighted by molar-refractivity contribution is 9.10. The average molecular weight is 423 g/mol. The SMILES string of the molecule is C/C=C/CC(NC(=O)C1CCN(c2ccccc2Br)C1=O)C(=O)OCC. The number of allylic oxidation sites excluding steroid dienone is 1. The van der Waals surface area contributed by atoms with E-state index in [1.54, 1.807) is 24.0 Å². The van der Waals surface area contributed by atoms with Gasteiger partial charge in [-0.3, -0.25) is 9.59 Å². The summed E-state index contributed by atoms with van der Waals surface area (Å²) in [7, 11) is 0. The van der Waals surface area contributed by atoms with Crippen LogP contribution in [0.15, 0.2) is 40.9 Å². The Hall–Kier alpha value is -2.15. The first kappa shape index (κ1) is 20.2. The van der Waals surface area contributed by atoms with Crippen molar-refractivity contribution >= 4 is 39.4 Å². The maximum Gasteiger partial charge on any atom is 0.328 e. The predicted octanol–water partition coefficient (Wildman–Crippen LogP) is 2.82. The number of hydrogen-bond acceptors (Lipinski definition) is 4. The molecular formula is C19H23BrN2O4. The van der Waals surface area contributed by atoms with Gasteiger partial charge < -0.3 is 15.0 Å². The highest BCUT2D eigenvalue weighted by Crippen LogP contribution is 2.31. The van der Waals surface area contributed by atoms with Gasteiger partial charge in [-0.1, -0.05) is 24.3 Å². The summed E-state index contributed by atoms with van der Waals surface area (Å²) in [6.45, 7) is 4.24. The molecule has 0 aliphatic carbocycles. The van der Waals surface area contributed by atoms with E-state index < -0.39 is 23.8 Å². The van der Waals surface area contributed by atoms with Gasteiger partial charge in [0.15, 0.2) is 0 Å². The highest BCUT2D eigenvalue weighted by Gasteiger charge is 2.39. The zero-order valence-corrected chi connectivity index (χ0v) is 16.5. The minimum atomic E-state index is -0.801. The number of anilines is 1. The maximum atomic E-state index is 12.7. The third kappa shape index (κ3) is 4.72. The van der Waals surface area contributed by atoms with Crippen LogP contribution >= 0.6 is 15.9 Å². The van der Waals surface area contributed by atoms with Crippen molar-refractivity contribution in [1.82, 2.24) is 5.32 Å². The van der Waals surface area contributed by atoms with Crippen LogP contribution in [0.5, 0.6) is 0 Å². The highest BCUT2D eigenvalue weighted by atomic mass is 79.9. The lowest BCUT2D eigenvalue weighted by Gasteiger charge is -2.20. The first-order valence-corrected chi connectivity index (χ1v) is 9.43. The van der Waals surface area contributed by atoms with Crippen molar-refractivity contribution in [1.29, 1.82) is 0 Å². The molecule has 1 fully saturated rings. The number of nitrogens with zero attached hydrogens (tertiary/aromatic N) is 1. The molecule has 0 spiro atoms. The number of halogens is 1. The Morgan fingerprint density at radius 2 is 2.15 bits per heavy atom. The van der Waals surface area contributed by atoms with E-state index in [1.165, 1.54) is 0 Å². The van der Waals surface area contributed by atoms with Gasteiger partial charge in [0.2, 0.25) is 11.8 Å². The molecule has 7 heteroatoms. The fourth-order valence-electron chi connectivity index (χ4n) is 2.83. The molecular weight excluding hydrogens is 400 g/mol. The molecule has 2 rings (SSSR count). The summed E-state index contributed by atoms with van der Waals surface area (Å²) in [5.74, 6) is -1.99. The van der Waals surface area contributed by atoms with E-state index >= 15 is 0 Å². The molecule has 2 amide bonds. The lowest BCUT2D eigenvalue weighted by Crippen LogP contribution is -2.46. The molecule has 1 aliphatic heterocycles. The van der Waals surface area contributed by atoms with E-state index in [2.05, 4.69) is 21.2 Å². The second-order valence-electron chi connectivity index (χ2n) is 5.90. The van der Waals surface area contributed by atoms with E-state index in [4.69, 9.17) is 4.74 Å². The minimum Gasteiger partial charge on any atom is -0.464 e. The van der Waals surface area contributed by atoms with Crippen molar-refractivity contribution in [3.63, 3.8) is 0 Å². The van der Waals surface area contributed by atoms with Gasteiger partial charge >= 0.3 is 5.97 Å². The van der Waals surface area contributed by atoms with Crippen LogP contribution in [0.4, 0.5) is 5.69 Å². The molecule has 1 saturated heterocycles. The molecule has 0 bridgehead atoms. The third-order valence-corrected chi connectivity index (χ3v) is 4.83. The van der Waals surface area contributed by atoms with Gasteiger partial charge in [-0.15, -0.1) is 0 Å². The summed E-state index contributed by atoms with van der Waals surface area (Å²) >= 11 is 3.43. The van der Waals surface area contributed by atoms with Crippen molar-refractivity contribution in [2.75, 3.05) is 18.1 Å². The topological polar surface area (TPSA) is 75.7 Å². The van der Waals surface area contributed by atoms with Crippen LogP contribution in [-0.4, -0.2) is 37.0 Å². The van der Waals surface area contributed by atoms with Crippen LogP contribution in [-0.2, 0) is 19.1 Å². The molecule has 2 unspecified atom stereocenters. The molecule has 1 N–H and O–H groups in total. The Kier molecular flexibility index (Phi) is 7.38. The van der Waals surface area contributed by atoms with Crippen LogP contribution in [0.1, 0.15) is 26.7 Å². The summed E-state index contributed by atoms with van der Waals surface area (Å²) in [5, 5.41) is 2.67. The van der Waals surface area contributed by atoms with Gasteiger partial charge in [0.1, 0.15) is 12.0 Å². The molecule has 26 heavy (non-hydrogen) atoms. The standard InChI is InChI=1S/C19H23BrN2O4/c1-3-5-9-15(19(25)26-4-2)21-17(23)13-11-12-22(18(13)24)16-10-7-6-8-14(16)20/h3,5-8,10,13,15H,4,9,11-12H2,1-2H3,(H,21,23)/b5-3+. The molecule has 140 valence electrons. The van der Waals surface area contributed by atoms with Crippen molar-refractivity contribution in [2.45, 2.75) is 32.7 Å². The Morgan fingerprint density at radius 3 is 2.81 bits per heavy atom. The van der Waals surface area contributed by atoms with E-state index in [0.29, 0.717) is 19.4 Å². The van der Waals surface area contributed by atoms with Crippen molar-refractivity contribution < 1.29 is 19.1 Å². The first-order chi connectivity index (χ1) is 12.5. The van der Waals surface area contributed by atoms with Gasteiger partial charge in [-0.05, 0) is 54.8 Å². The van der Waals surface area contributed by atoms with E-state index in [-0.39, 0.29) is 12.5 Å². The largest absolute Gasteiger partial charge is 0.464 e. The monoisotopic (exact) mass is 422 g/mol. The molecule has 0 radical (unpaired) electrons. The maximum absolute atomic E-state index is 12.7. The Bertz CT molecular complexity index is 705. The van der Waals surface area contributed by atoms with Crippen LogP contribution < -0.4 is 10.2 Å². The average Bonchev–Trinajstić information content (AvgIpc) is 3.00. The lowest BCUT2D eigenvalue weighted by molar-refractivity contribution is -0.148. The summed E-state index contributed by atoms with van der Waals surface area (Å²) < 4.78 is 5.81. The lowest BCUT2D eigenvalue weighted by atomic mass is 10.1. The fourth-order valence-corrected chi connectivity index (χ4v) is 3.33. The van der Waals surface area contributed by atoms with E-state index in [1.807, 2.05) is 31.2 Å². The smallest absolute Gasteiger partial charge is 0.328 e. The number of para-hydroxylation sites is 1. The number of hydrogen-bond donors (Lipinski definition) is 1. The van der Waals surface area contributed by atoms with Crippen LogP contribution in [0.3, 0.4) is 0 Å². The van der Waals surface area contributed by atoms with Gasteiger partial charge in [-0.2, -0.15) is 0 Å². The zero-order valence-electron chi connectivity index (χ0n) is 14.9. The summed E-state index contributed by atoms with van der Waals surface area (Å²) in [4.78, 5) is 38.9. The number of benzene rings is 1. The summed E-state index contributed by atoms with van der Waals surface area (Å²) in [5.41, 5.74) is 0.739. The van der Waals surface area contributed by atoms with Crippen LogP contribution in [0.25, 0.3) is 0 Å². The Balaban J connectivity index is 2.08. The van der Waals surface area contributed by atoms with Crippen molar-refractivity contribution in [2.24, 2.45) is 5.92 Å². The van der Waals surface area contributed by atoms with Crippen molar-refractivity contribution in [3.8, 4) is 0 Å². The first-order valence-electron chi connectivity index (χ1n) is 8.63. The predicted molar refractivity (Wildman–Crippen MR) is 103 cm³/mol.